The molecule has 112 valence electrons. The van der Waals surface area contributed by atoms with Gasteiger partial charge in [0.05, 0.1) is 7.11 Å². The molecular formula is C15H16O6. The lowest BCUT2D eigenvalue weighted by molar-refractivity contribution is -0.135. The molecule has 0 aliphatic heterocycles. The largest absolute Gasteiger partial charge is 0.478 e. The molecule has 0 saturated carbocycles. The van der Waals surface area contributed by atoms with Crippen molar-refractivity contribution < 1.29 is 29.0 Å². The van der Waals surface area contributed by atoms with Crippen LogP contribution in [0.4, 0.5) is 0 Å². The van der Waals surface area contributed by atoms with Gasteiger partial charge in [-0.2, -0.15) is 0 Å². The van der Waals surface area contributed by atoms with Gasteiger partial charge in [-0.3, -0.25) is 4.79 Å². The van der Waals surface area contributed by atoms with Gasteiger partial charge in [0.25, 0.3) is 0 Å². The fourth-order valence-electron chi connectivity index (χ4n) is 1.56. The molecule has 1 rings (SSSR count). The highest BCUT2D eigenvalue weighted by atomic mass is 16.5. The molecule has 0 spiro atoms. The maximum atomic E-state index is 11.7. The second-order valence-electron chi connectivity index (χ2n) is 4.22. The molecule has 1 aromatic rings. The van der Waals surface area contributed by atoms with Crippen molar-refractivity contribution in [2.45, 2.75) is 19.3 Å². The van der Waals surface area contributed by atoms with Gasteiger partial charge >= 0.3 is 17.9 Å². The maximum absolute atomic E-state index is 11.7. The van der Waals surface area contributed by atoms with E-state index in [0.717, 1.165) is 0 Å². The first kappa shape index (κ1) is 16.4. The van der Waals surface area contributed by atoms with Gasteiger partial charge in [-0.15, -0.1) is 0 Å². The quantitative estimate of drug-likeness (QED) is 0.470. The van der Waals surface area contributed by atoms with Crippen LogP contribution < -0.4 is 4.74 Å². The van der Waals surface area contributed by atoms with Gasteiger partial charge in [-0.05, 0) is 25.0 Å². The van der Waals surface area contributed by atoms with Crippen molar-refractivity contribution in [3.63, 3.8) is 0 Å². The number of aliphatic carboxylic acids is 1. The van der Waals surface area contributed by atoms with Crippen LogP contribution in [-0.4, -0.2) is 30.1 Å². The van der Waals surface area contributed by atoms with E-state index in [1.54, 1.807) is 12.1 Å². The molecule has 0 aliphatic rings. The number of carbonyl (C=O) groups is 3. The van der Waals surface area contributed by atoms with Crippen molar-refractivity contribution in [3.05, 3.63) is 42.0 Å². The average Bonchev–Trinajstić information content (AvgIpc) is 2.46. The Hall–Kier alpha value is -2.63. The van der Waals surface area contributed by atoms with Gasteiger partial charge in [-0.1, -0.05) is 18.7 Å². The third-order valence-corrected chi connectivity index (χ3v) is 2.68. The van der Waals surface area contributed by atoms with Crippen LogP contribution in [0.2, 0.25) is 0 Å². The van der Waals surface area contributed by atoms with Gasteiger partial charge in [0.1, 0.15) is 11.3 Å². The predicted octanol–water partition coefficient (Wildman–Crippen LogP) is 2.19. The molecule has 0 atom stereocenters. The van der Waals surface area contributed by atoms with E-state index in [1.165, 1.54) is 19.2 Å². The van der Waals surface area contributed by atoms with E-state index in [1.807, 2.05) is 0 Å². The third-order valence-electron chi connectivity index (χ3n) is 2.68. The van der Waals surface area contributed by atoms with Crippen LogP contribution in [0, 0.1) is 0 Å². The Morgan fingerprint density at radius 2 is 1.86 bits per heavy atom. The number of ether oxygens (including phenoxy) is 2. The summed E-state index contributed by atoms with van der Waals surface area (Å²) < 4.78 is 9.68. The van der Waals surface area contributed by atoms with Crippen LogP contribution in [0.25, 0.3) is 0 Å². The number of hydrogen-bond donors (Lipinski definition) is 1. The molecule has 6 nitrogen and oxygen atoms in total. The lowest BCUT2D eigenvalue weighted by Gasteiger charge is -2.08. The van der Waals surface area contributed by atoms with Crippen molar-refractivity contribution in [2.24, 2.45) is 0 Å². The first-order valence-electron chi connectivity index (χ1n) is 6.24. The monoisotopic (exact) mass is 292 g/mol. The van der Waals surface area contributed by atoms with Crippen molar-refractivity contribution in [1.29, 1.82) is 0 Å². The standard InChI is InChI=1S/C15H16O6/c1-10(14(17)18)6-5-9-13(16)21-12-8-4-3-7-11(12)15(19)20-2/h3-4,7-8H,1,5-6,9H2,2H3,(H,17,18). The Kier molecular flexibility index (Phi) is 6.13. The first-order chi connectivity index (χ1) is 9.95. The Labute approximate surface area is 122 Å². The number of hydrogen-bond acceptors (Lipinski definition) is 5. The molecule has 0 amide bonds. The smallest absolute Gasteiger partial charge is 0.341 e. The molecule has 0 radical (unpaired) electrons. The lowest BCUT2D eigenvalue weighted by atomic mass is 10.1. The van der Waals surface area contributed by atoms with Gasteiger partial charge in [-0.25, -0.2) is 9.59 Å². The van der Waals surface area contributed by atoms with Gasteiger partial charge < -0.3 is 14.6 Å². The Bertz CT molecular complexity index is 561. The van der Waals surface area contributed by atoms with E-state index in [-0.39, 0.29) is 29.7 Å². The van der Waals surface area contributed by atoms with Crippen LogP contribution in [0.3, 0.4) is 0 Å². The summed E-state index contributed by atoms with van der Waals surface area (Å²) in [6, 6.07) is 6.23. The predicted molar refractivity (Wildman–Crippen MR) is 74.0 cm³/mol. The van der Waals surface area contributed by atoms with E-state index >= 15 is 0 Å². The zero-order valence-electron chi connectivity index (χ0n) is 11.6. The summed E-state index contributed by atoms with van der Waals surface area (Å²) in [7, 11) is 1.23. The Balaban J connectivity index is 2.57. The molecule has 0 heterocycles. The zero-order chi connectivity index (χ0) is 15.8. The van der Waals surface area contributed by atoms with Crippen molar-refractivity contribution >= 4 is 17.9 Å². The topological polar surface area (TPSA) is 89.9 Å². The number of carbonyl (C=O) groups excluding carboxylic acids is 2. The highest BCUT2D eigenvalue weighted by molar-refractivity contribution is 5.93. The van der Waals surface area contributed by atoms with E-state index in [9.17, 15) is 14.4 Å². The summed E-state index contributed by atoms with van der Waals surface area (Å²) in [6.45, 7) is 3.37. The highest BCUT2D eigenvalue weighted by Gasteiger charge is 2.15. The van der Waals surface area contributed by atoms with Crippen LogP contribution in [0.15, 0.2) is 36.4 Å². The molecule has 0 aromatic heterocycles. The maximum Gasteiger partial charge on any atom is 0.341 e. The van der Waals surface area contributed by atoms with Crippen LogP contribution in [-0.2, 0) is 14.3 Å². The molecule has 0 unspecified atom stereocenters. The summed E-state index contributed by atoms with van der Waals surface area (Å²) in [5, 5.41) is 8.64. The Morgan fingerprint density at radius 1 is 1.19 bits per heavy atom. The number of esters is 2. The minimum atomic E-state index is -1.08. The first-order valence-corrected chi connectivity index (χ1v) is 6.24. The molecule has 0 fully saturated rings. The number of benzene rings is 1. The second-order valence-corrected chi connectivity index (χ2v) is 4.22. The molecular weight excluding hydrogens is 276 g/mol. The minimum Gasteiger partial charge on any atom is -0.478 e. The van der Waals surface area contributed by atoms with E-state index in [2.05, 4.69) is 11.3 Å². The van der Waals surface area contributed by atoms with Crippen LogP contribution in [0.1, 0.15) is 29.6 Å². The summed E-state index contributed by atoms with van der Waals surface area (Å²) in [5.41, 5.74) is 0.195. The molecule has 0 bridgehead atoms. The van der Waals surface area contributed by atoms with E-state index in [4.69, 9.17) is 9.84 Å². The lowest BCUT2D eigenvalue weighted by Crippen LogP contribution is -2.12. The van der Waals surface area contributed by atoms with E-state index in [0.29, 0.717) is 6.42 Å². The molecule has 0 saturated heterocycles. The van der Waals surface area contributed by atoms with Crippen LogP contribution >= 0.6 is 0 Å². The number of carboxylic acids is 1. The fraction of sp³-hybridized carbons (Fsp3) is 0.267. The number of para-hydroxylation sites is 1. The molecule has 0 aliphatic carbocycles. The molecule has 1 N–H and O–H groups in total. The average molecular weight is 292 g/mol. The minimum absolute atomic E-state index is 0.0296. The Morgan fingerprint density at radius 3 is 2.48 bits per heavy atom. The highest BCUT2D eigenvalue weighted by Crippen LogP contribution is 2.19. The molecule has 6 heteroatoms. The SMILES string of the molecule is C=C(CCCC(=O)Oc1ccccc1C(=O)OC)C(=O)O. The molecule has 1 aromatic carbocycles. The second kappa shape index (κ2) is 7.84. The van der Waals surface area contributed by atoms with Crippen molar-refractivity contribution in [3.8, 4) is 5.75 Å². The van der Waals surface area contributed by atoms with Crippen LogP contribution in [0.5, 0.6) is 5.75 Å². The molecule has 21 heavy (non-hydrogen) atoms. The number of methoxy groups -OCH3 is 1. The third kappa shape index (κ3) is 5.10. The normalized spacial score (nSPS) is 9.76. The summed E-state index contributed by atoms with van der Waals surface area (Å²) in [6.07, 6.45) is 0.537. The summed E-state index contributed by atoms with van der Waals surface area (Å²) >= 11 is 0. The van der Waals surface area contributed by atoms with Gasteiger partial charge in [0, 0.05) is 12.0 Å². The zero-order valence-corrected chi connectivity index (χ0v) is 11.6. The van der Waals surface area contributed by atoms with Crippen molar-refractivity contribution in [2.75, 3.05) is 7.11 Å². The van der Waals surface area contributed by atoms with Crippen molar-refractivity contribution in [1.82, 2.24) is 0 Å². The van der Waals surface area contributed by atoms with E-state index < -0.39 is 17.9 Å². The fourth-order valence-corrected chi connectivity index (χ4v) is 1.56. The summed E-state index contributed by atoms with van der Waals surface area (Å²) in [5.74, 6) is -2.12. The van der Waals surface area contributed by atoms with Gasteiger partial charge in [0.2, 0.25) is 0 Å². The summed E-state index contributed by atoms with van der Waals surface area (Å²) in [4.78, 5) is 33.7. The number of rotatable bonds is 7. The van der Waals surface area contributed by atoms with Gasteiger partial charge in [0.15, 0.2) is 0 Å². The number of carboxylic acid groups (broad SMARTS) is 1.